The summed E-state index contributed by atoms with van der Waals surface area (Å²) in [7, 11) is 0. The van der Waals surface area contributed by atoms with Gasteiger partial charge in [-0.2, -0.15) is 0 Å². The number of primary amides is 1. The zero-order valence-corrected chi connectivity index (χ0v) is 19.5. The molecule has 0 fully saturated rings. The average Bonchev–Trinajstić information content (AvgIpc) is 3.39. The van der Waals surface area contributed by atoms with Crippen molar-refractivity contribution in [1.29, 1.82) is 0 Å². The van der Waals surface area contributed by atoms with Gasteiger partial charge in [-0.15, -0.1) is 0 Å². The number of benzene rings is 2. The van der Waals surface area contributed by atoms with E-state index < -0.39 is 5.91 Å². The van der Waals surface area contributed by atoms with Crippen LogP contribution in [-0.4, -0.2) is 25.8 Å². The number of nitrogens with zero attached hydrogens (tertiary/aromatic N) is 2. The summed E-state index contributed by atoms with van der Waals surface area (Å²) in [6, 6.07) is 19.8. The Morgan fingerprint density at radius 3 is 2.70 bits per heavy atom. The molecule has 4 aromatic heterocycles. The summed E-state index contributed by atoms with van der Waals surface area (Å²) < 4.78 is 0. The number of aromatic amines is 2. The van der Waals surface area contributed by atoms with Crippen LogP contribution in [0.5, 0.6) is 0 Å². The Kier molecular flexibility index (Phi) is 5.36. The topological polar surface area (TPSA) is 130 Å². The Balaban J connectivity index is 1.59. The predicted molar refractivity (Wildman–Crippen MR) is 145 cm³/mol. The van der Waals surface area contributed by atoms with Crippen LogP contribution < -0.4 is 16.6 Å². The molecule has 0 bridgehead atoms. The molecule has 0 aliphatic heterocycles. The lowest BCUT2D eigenvalue weighted by atomic mass is 9.98. The Morgan fingerprint density at radius 2 is 1.86 bits per heavy atom. The molecule has 0 spiro atoms. The molecule has 6 aromatic rings. The first-order valence-electron chi connectivity index (χ1n) is 11.6. The molecular weight excluding hydrogens is 464 g/mol. The molecule has 5 N–H and O–H groups in total. The van der Waals surface area contributed by atoms with Crippen LogP contribution in [0.25, 0.3) is 43.7 Å². The fraction of sp³-hybridized carbons (Fsp3) is 0.0345. The molecule has 0 aliphatic rings. The van der Waals surface area contributed by atoms with Gasteiger partial charge in [0.1, 0.15) is 5.82 Å². The van der Waals surface area contributed by atoms with Gasteiger partial charge in [-0.05, 0) is 46.8 Å². The van der Waals surface area contributed by atoms with E-state index in [-0.39, 0.29) is 5.56 Å². The summed E-state index contributed by atoms with van der Waals surface area (Å²) in [4.78, 5) is 39.5. The Bertz CT molecular complexity index is 1940. The van der Waals surface area contributed by atoms with Crippen LogP contribution in [0.1, 0.15) is 11.3 Å². The van der Waals surface area contributed by atoms with Crippen molar-refractivity contribution in [1.82, 2.24) is 19.9 Å². The van der Waals surface area contributed by atoms with E-state index >= 15 is 0 Å². The molecule has 2 aromatic carbocycles. The number of nitrogens with two attached hydrogens (primary N) is 1. The molecule has 0 unspecified atom stereocenters. The van der Waals surface area contributed by atoms with Gasteiger partial charge in [0.25, 0.3) is 11.5 Å². The van der Waals surface area contributed by atoms with E-state index in [9.17, 15) is 9.59 Å². The molecule has 8 heteroatoms. The smallest absolute Gasteiger partial charge is 0.293 e. The number of rotatable bonds is 4. The molecule has 4 heterocycles. The van der Waals surface area contributed by atoms with Crippen LogP contribution in [0, 0.1) is 11.8 Å². The molecule has 0 saturated heterocycles. The highest BCUT2D eigenvalue weighted by atomic mass is 16.1. The standard InChI is InChI=1S/C29H20N6O2/c30-25(36)9-7-20-15-34-29(37)26-23-13-18(19-5-4-17-10-12-32-24(17)14-19)6-8-22(23)28(35-27(20)26)33-16-21-3-1-2-11-31-21/h1-6,8,10-15,32H,16H2,(H2,30,36)(H,33,35)(H,34,37). The van der Waals surface area contributed by atoms with Gasteiger partial charge in [0, 0.05) is 40.8 Å². The van der Waals surface area contributed by atoms with Crippen LogP contribution in [0.2, 0.25) is 0 Å². The van der Waals surface area contributed by atoms with Crippen LogP contribution in [-0.2, 0) is 11.3 Å². The van der Waals surface area contributed by atoms with Gasteiger partial charge in [0.15, 0.2) is 0 Å². The number of carbonyl (C=O) groups is 1. The van der Waals surface area contributed by atoms with Crippen LogP contribution >= 0.6 is 0 Å². The number of nitrogens with one attached hydrogen (secondary N) is 3. The number of hydrogen-bond acceptors (Lipinski definition) is 5. The molecule has 0 atom stereocenters. The number of pyridine rings is 3. The molecule has 0 saturated carbocycles. The first-order chi connectivity index (χ1) is 18.1. The molecule has 178 valence electrons. The van der Waals surface area contributed by atoms with Gasteiger partial charge in [0.05, 0.1) is 28.7 Å². The normalized spacial score (nSPS) is 10.9. The third kappa shape index (κ3) is 4.15. The maximum absolute atomic E-state index is 13.1. The van der Waals surface area contributed by atoms with Crippen molar-refractivity contribution < 1.29 is 4.79 Å². The highest BCUT2D eigenvalue weighted by molar-refractivity contribution is 6.12. The summed E-state index contributed by atoms with van der Waals surface area (Å²) in [6.07, 6.45) is 5.08. The molecule has 8 nitrogen and oxygen atoms in total. The average molecular weight is 485 g/mol. The molecular formula is C29H20N6O2. The Morgan fingerprint density at radius 1 is 1.00 bits per heavy atom. The lowest BCUT2D eigenvalue weighted by Gasteiger charge is -2.13. The number of anilines is 1. The fourth-order valence-corrected chi connectivity index (χ4v) is 4.46. The van der Waals surface area contributed by atoms with E-state index in [1.807, 2.05) is 48.7 Å². The Labute approximate surface area is 210 Å². The quantitative estimate of drug-likeness (QED) is 0.221. The van der Waals surface area contributed by atoms with Crippen molar-refractivity contribution in [3.63, 3.8) is 0 Å². The molecule has 6 rings (SSSR count). The largest absolute Gasteiger partial charge is 0.364 e. The molecule has 0 radical (unpaired) electrons. The van der Waals surface area contributed by atoms with E-state index in [0.717, 1.165) is 33.1 Å². The van der Waals surface area contributed by atoms with Crippen molar-refractivity contribution in [3.05, 3.63) is 101 Å². The lowest BCUT2D eigenvalue weighted by Crippen LogP contribution is -2.11. The van der Waals surface area contributed by atoms with E-state index in [1.54, 1.807) is 6.20 Å². The van der Waals surface area contributed by atoms with Crippen molar-refractivity contribution in [2.45, 2.75) is 6.54 Å². The number of aromatic nitrogens is 4. The zero-order chi connectivity index (χ0) is 25.4. The maximum atomic E-state index is 13.1. The molecule has 1 amide bonds. The van der Waals surface area contributed by atoms with E-state index in [4.69, 9.17) is 10.7 Å². The maximum Gasteiger partial charge on any atom is 0.293 e. The monoisotopic (exact) mass is 484 g/mol. The minimum absolute atomic E-state index is 0.301. The van der Waals surface area contributed by atoms with Gasteiger partial charge >= 0.3 is 0 Å². The van der Waals surface area contributed by atoms with E-state index in [2.05, 4.69) is 50.3 Å². The Hall–Kier alpha value is -5.42. The summed E-state index contributed by atoms with van der Waals surface area (Å²) in [6.45, 7) is 0.436. The van der Waals surface area contributed by atoms with Crippen molar-refractivity contribution >= 4 is 44.3 Å². The summed E-state index contributed by atoms with van der Waals surface area (Å²) in [5, 5.41) is 6.35. The zero-order valence-electron chi connectivity index (χ0n) is 19.5. The number of amides is 1. The highest BCUT2D eigenvalue weighted by Gasteiger charge is 2.15. The number of fused-ring (bicyclic) bond motifs is 4. The summed E-state index contributed by atoms with van der Waals surface area (Å²) in [5.41, 5.74) is 9.53. The number of H-pyrrole nitrogens is 2. The minimum atomic E-state index is -0.768. The fourth-order valence-electron chi connectivity index (χ4n) is 4.46. The second-order valence-corrected chi connectivity index (χ2v) is 8.54. The van der Waals surface area contributed by atoms with E-state index in [0.29, 0.717) is 34.2 Å². The second kappa shape index (κ2) is 8.98. The highest BCUT2D eigenvalue weighted by Crippen LogP contribution is 2.33. The van der Waals surface area contributed by atoms with Gasteiger partial charge in [0.2, 0.25) is 0 Å². The van der Waals surface area contributed by atoms with Crippen molar-refractivity contribution in [2.75, 3.05) is 5.32 Å². The lowest BCUT2D eigenvalue weighted by molar-refractivity contribution is -0.112. The summed E-state index contributed by atoms with van der Waals surface area (Å²) in [5.74, 6) is 4.89. The number of hydrogen-bond donors (Lipinski definition) is 4. The van der Waals surface area contributed by atoms with Gasteiger partial charge in [-0.25, -0.2) is 4.98 Å². The van der Waals surface area contributed by atoms with Crippen LogP contribution in [0.15, 0.2) is 84.0 Å². The number of carbonyl (C=O) groups excluding carboxylic acids is 1. The van der Waals surface area contributed by atoms with E-state index in [1.165, 1.54) is 6.20 Å². The third-order valence-electron chi connectivity index (χ3n) is 6.21. The third-order valence-corrected chi connectivity index (χ3v) is 6.21. The van der Waals surface area contributed by atoms with Gasteiger partial charge in [-0.3, -0.25) is 14.6 Å². The second-order valence-electron chi connectivity index (χ2n) is 8.54. The van der Waals surface area contributed by atoms with Crippen molar-refractivity contribution in [2.24, 2.45) is 5.73 Å². The summed E-state index contributed by atoms with van der Waals surface area (Å²) >= 11 is 0. The van der Waals surface area contributed by atoms with Crippen LogP contribution in [0.4, 0.5) is 5.82 Å². The van der Waals surface area contributed by atoms with Crippen molar-refractivity contribution in [3.8, 4) is 23.0 Å². The van der Waals surface area contributed by atoms with Crippen LogP contribution in [0.3, 0.4) is 0 Å². The predicted octanol–water partition coefficient (Wildman–Crippen LogP) is 4.07. The van der Waals surface area contributed by atoms with Gasteiger partial charge in [-0.1, -0.05) is 36.3 Å². The minimum Gasteiger partial charge on any atom is -0.364 e. The van der Waals surface area contributed by atoms with Gasteiger partial charge < -0.3 is 21.0 Å². The molecule has 0 aliphatic carbocycles. The first kappa shape index (κ1) is 22.1. The SMILES string of the molecule is NC(=O)C#Cc1c[nH]c(=O)c2c1nc(NCc1ccccn1)c1ccc(-c3ccc4cc[nH]c4c3)cc12. The first-order valence-corrected chi connectivity index (χ1v) is 11.6. The molecule has 37 heavy (non-hydrogen) atoms.